The van der Waals surface area contributed by atoms with Crippen molar-refractivity contribution >= 4 is 21.9 Å². The first-order valence-corrected chi connectivity index (χ1v) is 6.90. The molecule has 5 nitrogen and oxygen atoms in total. The molecule has 0 aliphatic carbocycles. The first-order chi connectivity index (χ1) is 9.22. The molecule has 0 unspecified atom stereocenters. The average molecular weight is 324 g/mol. The molecule has 0 atom stereocenters. The summed E-state index contributed by atoms with van der Waals surface area (Å²) in [6.07, 6.45) is 1.72. The van der Waals surface area contributed by atoms with Crippen LogP contribution in [0.2, 0.25) is 0 Å². The van der Waals surface area contributed by atoms with Gasteiger partial charge in [-0.1, -0.05) is 6.07 Å². The number of anilines is 1. The van der Waals surface area contributed by atoms with Crippen molar-refractivity contribution in [3.63, 3.8) is 0 Å². The number of nitrogens with one attached hydrogen (secondary N) is 1. The molecule has 0 saturated heterocycles. The highest BCUT2D eigenvalue weighted by Gasteiger charge is 2.12. The smallest absolute Gasteiger partial charge is 0.198 e. The Hall–Kier alpha value is -1.69. The third-order valence-corrected chi connectivity index (χ3v) is 3.67. The van der Waals surface area contributed by atoms with Gasteiger partial charge in [0.15, 0.2) is 17.4 Å². The molecule has 100 valence electrons. The van der Waals surface area contributed by atoms with Crippen LogP contribution in [0.25, 0.3) is 0 Å². The Bertz CT molecular complexity index is 598. The highest BCUT2D eigenvalue weighted by molar-refractivity contribution is 9.10. The van der Waals surface area contributed by atoms with Crippen LogP contribution in [-0.4, -0.2) is 23.2 Å². The molecule has 0 amide bonds. The van der Waals surface area contributed by atoms with Crippen molar-refractivity contribution in [3.05, 3.63) is 34.1 Å². The van der Waals surface area contributed by atoms with Crippen molar-refractivity contribution in [2.75, 3.05) is 18.9 Å². The molecule has 3 N–H and O–H groups in total. The van der Waals surface area contributed by atoms with E-state index < -0.39 is 0 Å². The maximum absolute atomic E-state index is 5.61. The van der Waals surface area contributed by atoms with Crippen LogP contribution in [0.4, 0.5) is 5.95 Å². The number of halogens is 1. The number of aromatic amines is 1. The fourth-order valence-electron chi connectivity index (χ4n) is 2.09. The summed E-state index contributed by atoms with van der Waals surface area (Å²) in [6, 6.07) is 6.05. The number of imidazole rings is 1. The zero-order valence-electron chi connectivity index (χ0n) is 10.3. The fourth-order valence-corrected chi connectivity index (χ4v) is 2.57. The van der Waals surface area contributed by atoms with Gasteiger partial charge in [-0.2, -0.15) is 0 Å². The van der Waals surface area contributed by atoms with Crippen LogP contribution in [-0.2, 0) is 12.8 Å². The van der Waals surface area contributed by atoms with Gasteiger partial charge in [0.05, 0.1) is 5.69 Å². The molecule has 2 heterocycles. The summed E-state index contributed by atoms with van der Waals surface area (Å²) in [7, 11) is 0. The Morgan fingerprint density at radius 2 is 2.00 bits per heavy atom. The summed E-state index contributed by atoms with van der Waals surface area (Å²) in [4.78, 5) is 7.13. The van der Waals surface area contributed by atoms with E-state index in [-0.39, 0.29) is 0 Å². The van der Waals surface area contributed by atoms with Gasteiger partial charge in [0.25, 0.3) is 0 Å². The van der Waals surface area contributed by atoms with Crippen LogP contribution < -0.4 is 15.2 Å². The Morgan fingerprint density at radius 1 is 1.21 bits per heavy atom. The summed E-state index contributed by atoms with van der Waals surface area (Å²) in [6.45, 7) is 1.23. The average Bonchev–Trinajstić information content (AvgIpc) is 2.74. The molecule has 0 spiro atoms. The molecule has 0 radical (unpaired) electrons. The Balaban J connectivity index is 1.71. The number of aryl methyl sites for hydroxylation is 2. The van der Waals surface area contributed by atoms with Crippen LogP contribution in [0.1, 0.15) is 11.3 Å². The molecule has 1 aromatic carbocycles. The maximum atomic E-state index is 5.61. The number of nitrogen functional groups attached to an aromatic ring is 1. The van der Waals surface area contributed by atoms with E-state index in [0.717, 1.165) is 34.6 Å². The molecule has 1 aliphatic rings. The quantitative estimate of drug-likeness (QED) is 0.909. The monoisotopic (exact) mass is 323 g/mol. The van der Waals surface area contributed by atoms with E-state index >= 15 is 0 Å². The minimum atomic E-state index is 0.434. The van der Waals surface area contributed by atoms with Crippen molar-refractivity contribution in [1.29, 1.82) is 0 Å². The minimum absolute atomic E-state index is 0.434. The van der Waals surface area contributed by atoms with Crippen LogP contribution in [0.5, 0.6) is 11.5 Å². The highest BCUT2D eigenvalue weighted by Crippen LogP contribution is 2.31. The number of aromatic nitrogens is 2. The number of hydrogen-bond acceptors (Lipinski definition) is 4. The molecule has 1 aliphatic heterocycles. The lowest BCUT2D eigenvalue weighted by Crippen LogP contribution is -2.15. The van der Waals surface area contributed by atoms with E-state index in [0.29, 0.717) is 19.2 Å². The van der Waals surface area contributed by atoms with Crippen molar-refractivity contribution in [1.82, 2.24) is 9.97 Å². The lowest BCUT2D eigenvalue weighted by Gasteiger charge is -2.18. The molecule has 0 fully saturated rings. The van der Waals surface area contributed by atoms with Crippen molar-refractivity contribution < 1.29 is 9.47 Å². The van der Waals surface area contributed by atoms with Crippen LogP contribution in [0.3, 0.4) is 0 Å². The summed E-state index contributed by atoms with van der Waals surface area (Å²) in [5, 5.41) is 0. The molecular weight excluding hydrogens is 310 g/mol. The summed E-state index contributed by atoms with van der Waals surface area (Å²) >= 11 is 3.38. The predicted molar refractivity (Wildman–Crippen MR) is 75.5 cm³/mol. The van der Waals surface area contributed by atoms with Gasteiger partial charge in [-0.05, 0) is 46.5 Å². The van der Waals surface area contributed by atoms with Crippen LogP contribution in [0, 0.1) is 0 Å². The molecule has 0 saturated carbocycles. The highest BCUT2D eigenvalue weighted by atomic mass is 79.9. The van der Waals surface area contributed by atoms with E-state index in [4.69, 9.17) is 15.2 Å². The van der Waals surface area contributed by atoms with Crippen molar-refractivity contribution in [2.45, 2.75) is 12.8 Å². The van der Waals surface area contributed by atoms with Crippen LogP contribution >= 0.6 is 15.9 Å². The van der Waals surface area contributed by atoms with Gasteiger partial charge in [-0.25, -0.2) is 4.98 Å². The molecular formula is C13H14BrN3O2. The molecule has 1 aromatic heterocycles. The number of rotatable bonds is 3. The van der Waals surface area contributed by atoms with Gasteiger partial charge < -0.3 is 20.2 Å². The summed E-state index contributed by atoms with van der Waals surface area (Å²) < 4.78 is 11.8. The second kappa shape index (κ2) is 5.13. The molecule has 3 rings (SSSR count). The Kier molecular flexibility index (Phi) is 3.33. The Labute approximate surface area is 119 Å². The summed E-state index contributed by atoms with van der Waals surface area (Å²) in [5.74, 6) is 2.08. The zero-order valence-corrected chi connectivity index (χ0v) is 11.9. The normalized spacial score (nSPS) is 13.5. The molecule has 0 bridgehead atoms. The number of fused-ring (bicyclic) bond motifs is 1. The first-order valence-electron chi connectivity index (χ1n) is 6.11. The van der Waals surface area contributed by atoms with Crippen LogP contribution in [0.15, 0.2) is 22.8 Å². The SMILES string of the molecule is Nc1nc(Br)c(CCc2ccc3c(c2)OCCO3)[nH]1. The second-order valence-electron chi connectivity index (χ2n) is 4.37. The van der Waals surface area contributed by atoms with Gasteiger partial charge in [-0.15, -0.1) is 0 Å². The van der Waals surface area contributed by atoms with Gasteiger partial charge in [-0.3, -0.25) is 0 Å². The number of H-pyrrole nitrogens is 1. The summed E-state index contributed by atoms with van der Waals surface area (Å²) in [5.41, 5.74) is 7.81. The largest absolute Gasteiger partial charge is 0.486 e. The van der Waals surface area contributed by atoms with Crippen molar-refractivity contribution in [3.8, 4) is 11.5 Å². The molecule has 2 aromatic rings. The number of ether oxygens (including phenoxy) is 2. The topological polar surface area (TPSA) is 73.2 Å². The van der Waals surface area contributed by atoms with Gasteiger partial charge >= 0.3 is 0 Å². The number of hydrogen-bond donors (Lipinski definition) is 2. The standard InChI is InChI=1S/C13H14BrN3O2/c14-12-9(16-13(15)17-12)3-1-8-2-4-10-11(7-8)19-6-5-18-10/h2,4,7H,1,3,5-6H2,(H3,15,16,17). The Morgan fingerprint density at radius 3 is 2.74 bits per heavy atom. The number of nitrogens with two attached hydrogens (primary N) is 1. The first kappa shape index (κ1) is 12.3. The van der Waals surface area contributed by atoms with E-state index in [1.165, 1.54) is 5.56 Å². The van der Waals surface area contributed by atoms with Gasteiger partial charge in [0, 0.05) is 0 Å². The van der Waals surface area contributed by atoms with Gasteiger partial charge in [0.2, 0.25) is 0 Å². The molecule has 6 heteroatoms. The van der Waals surface area contributed by atoms with Gasteiger partial charge in [0.1, 0.15) is 17.8 Å². The number of benzene rings is 1. The predicted octanol–water partition coefficient (Wildman–Crippen LogP) is 2.31. The minimum Gasteiger partial charge on any atom is -0.486 e. The van der Waals surface area contributed by atoms with E-state index in [1.54, 1.807) is 0 Å². The third-order valence-electron chi connectivity index (χ3n) is 3.02. The van der Waals surface area contributed by atoms with E-state index in [2.05, 4.69) is 32.0 Å². The third kappa shape index (κ3) is 2.68. The second-order valence-corrected chi connectivity index (χ2v) is 5.12. The van der Waals surface area contributed by atoms with Crippen molar-refractivity contribution in [2.24, 2.45) is 0 Å². The lowest BCUT2D eigenvalue weighted by atomic mass is 10.1. The fraction of sp³-hybridized carbons (Fsp3) is 0.308. The molecule has 19 heavy (non-hydrogen) atoms. The lowest BCUT2D eigenvalue weighted by molar-refractivity contribution is 0.171. The zero-order chi connectivity index (χ0) is 13.2. The number of nitrogens with zero attached hydrogens (tertiary/aromatic N) is 1. The maximum Gasteiger partial charge on any atom is 0.198 e. The van der Waals surface area contributed by atoms with E-state index in [1.807, 2.05) is 12.1 Å². The van der Waals surface area contributed by atoms with E-state index in [9.17, 15) is 0 Å².